The molecule has 2 aromatic heterocycles. The lowest BCUT2D eigenvalue weighted by molar-refractivity contribution is 0.411. The van der Waals surface area contributed by atoms with Gasteiger partial charge in [0.15, 0.2) is 5.76 Å². The van der Waals surface area contributed by atoms with Crippen LogP contribution in [-0.4, -0.2) is 24.8 Å². The fraction of sp³-hybridized carbons (Fsp3) is 0.143. The number of halogens is 1. The predicted octanol–water partition coefficient (Wildman–Crippen LogP) is 2.18. The summed E-state index contributed by atoms with van der Waals surface area (Å²) in [6.07, 6.45) is 1.06. The van der Waals surface area contributed by atoms with E-state index in [2.05, 4.69) is 14.9 Å². The molecule has 0 amide bonds. The van der Waals surface area contributed by atoms with Crippen LogP contribution in [0.1, 0.15) is 5.76 Å². The number of hydrogen-bond donors (Lipinski definition) is 1. The molecule has 0 atom stereocenters. The zero-order valence-corrected chi connectivity index (χ0v) is 12.8. The highest BCUT2D eigenvalue weighted by Crippen LogP contribution is 2.24. The van der Waals surface area contributed by atoms with Crippen molar-refractivity contribution >= 4 is 10.0 Å². The molecule has 3 aromatic rings. The summed E-state index contributed by atoms with van der Waals surface area (Å²) in [4.78, 5) is 4.17. The van der Waals surface area contributed by atoms with Crippen molar-refractivity contribution in [2.45, 2.75) is 6.54 Å². The third-order valence-electron chi connectivity index (χ3n) is 2.91. The minimum absolute atomic E-state index is 0.0256. The van der Waals surface area contributed by atoms with Gasteiger partial charge in [-0.05, 0) is 36.4 Å². The van der Waals surface area contributed by atoms with E-state index in [4.69, 9.17) is 8.94 Å². The summed E-state index contributed by atoms with van der Waals surface area (Å²) in [5.74, 6) is 0.816. The molecule has 9 heteroatoms. The van der Waals surface area contributed by atoms with Gasteiger partial charge in [-0.25, -0.2) is 17.5 Å². The lowest BCUT2D eigenvalue weighted by Gasteiger charge is -1.97. The maximum atomic E-state index is 12.9. The number of nitrogens with zero attached hydrogens (tertiary/aromatic N) is 2. The maximum absolute atomic E-state index is 12.9. The van der Waals surface area contributed by atoms with Gasteiger partial charge in [-0.1, -0.05) is 5.16 Å². The zero-order valence-electron chi connectivity index (χ0n) is 12.0. The Morgan fingerprint density at radius 3 is 2.61 bits per heavy atom. The van der Waals surface area contributed by atoms with Crippen molar-refractivity contribution < 1.29 is 21.7 Å². The van der Waals surface area contributed by atoms with E-state index in [0.29, 0.717) is 22.9 Å². The molecule has 3 rings (SSSR count). The molecule has 120 valence electrons. The second-order valence-electron chi connectivity index (χ2n) is 4.79. The fourth-order valence-corrected chi connectivity index (χ4v) is 2.23. The molecule has 7 nitrogen and oxygen atoms in total. The molecule has 0 saturated carbocycles. The van der Waals surface area contributed by atoms with Crippen LogP contribution >= 0.6 is 0 Å². The number of hydrogen-bond acceptors (Lipinski definition) is 6. The van der Waals surface area contributed by atoms with Crippen LogP contribution in [0.3, 0.4) is 0 Å². The standard InChI is InChI=1S/C14H12FN3O4S/c1-23(19,20)16-8-11-6-7-12(21-11)14-17-13(18-22-14)9-2-4-10(15)5-3-9/h2-7,16H,8H2,1H3. The molecule has 0 spiro atoms. The zero-order chi connectivity index (χ0) is 16.4. The first-order valence-corrected chi connectivity index (χ1v) is 8.43. The van der Waals surface area contributed by atoms with E-state index in [1.165, 1.54) is 24.3 Å². The second kappa shape index (κ2) is 5.94. The van der Waals surface area contributed by atoms with Gasteiger partial charge in [0.2, 0.25) is 15.8 Å². The first kappa shape index (κ1) is 15.4. The normalized spacial score (nSPS) is 11.7. The summed E-state index contributed by atoms with van der Waals surface area (Å²) >= 11 is 0. The molecular weight excluding hydrogens is 325 g/mol. The van der Waals surface area contributed by atoms with E-state index in [1.54, 1.807) is 12.1 Å². The molecule has 1 N–H and O–H groups in total. The van der Waals surface area contributed by atoms with Gasteiger partial charge in [0.25, 0.3) is 5.89 Å². The van der Waals surface area contributed by atoms with E-state index in [0.717, 1.165) is 6.26 Å². The molecule has 0 radical (unpaired) electrons. The molecule has 0 bridgehead atoms. The van der Waals surface area contributed by atoms with Crippen LogP contribution in [0.5, 0.6) is 0 Å². The van der Waals surface area contributed by atoms with Crippen molar-refractivity contribution in [2.75, 3.05) is 6.26 Å². The topological polar surface area (TPSA) is 98.2 Å². The smallest absolute Gasteiger partial charge is 0.293 e. The van der Waals surface area contributed by atoms with Crippen LogP contribution in [0.15, 0.2) is 45.3 Å². The number of rotatable bonds is 5. The van der Waals surface area contributed by atoms with Crippen molar-refractivity contribution in [1.29, 1.82) is 0 Å². The summed E-state index contributed by atoms with van der Waals surface area (Å²) in [5, 5.41) is 3.81. The molecule has 0 aliphatic rings. The minimum atomic E-state index is -3.31. The van der Waals surface area contributed by atoms with E-state index in [-0.39, 0.29) is 18.3 Å². The van der Waals surface area contributed by atoms with Crippen LogP contribution in [0, 0.1) is 5.82 Å². The van der Waals surface area contributed by atoms with Crippen molar-refractivity contribution in [1.82, 2.24) is 14.9 Å². The van der Waals surface area contributed by atoms with Gasteiger partial charge in [-0.2, -0.15) is 4.98 Å². The van der Waals surface area contributed by atoms with Gasteiger partial charge < -0.3 is 8.94 Å². The monoisotopic (exact) mass is 337 g/mol. The van der Waals surface area contributed by atoms with Gasteiger partial charge in [0.05, 0.1) is 12.8 Å². The summed E-state index contributed by atoms with van der Waals surface area (Å²) < 4.78 is 47.9. The Balaban J connectivity index is 1.78. The van der Waals surface area contributed by atoms with Gasteiger partial charge in [-0.15, -0.1) is 0 Å². The quantitative estimate of drug-likeness (QED) is 0.766. The molecule has 0 fully saturated rings. The number of sulfonamides is 1. The second-order valence-corrected chi connectivity index (χ2v) is 6.62. The van der Waals surface area contributed by atoms with Crippen LogP contribution in [0.25, 0.3) is 23.0 Å². The predicted molar refractivity (Wildman–Crippen MR) is 79.1 cm³/mol. The van der Waals surface area contributed by atoms with Crippen LogP contribution in [0.2, 0.25) is 0 Å². The first-order chi connectivity index (χ1) is 10.9. The number of furan rings is 1. The minimum Gasteiger partial charge on any atom is -0.455 e. The summed E-state index contributed by atoms with van der Waals surface area (Å²) in [6.45, 7) is 0.0256. The highest BCUT2D eigenvalue weighted by atomic mass is 32.2. The molecule has 2 heterocycles. The highest BCUT2D eigenvalue weighted by molar-refractivity contribution is 7.88. The largest absolute Gasteiger partial charge is 0.455 e. The third kappa shape index (κ3) is 3.82. The summed E-state index contributed by atoms with van der Waals surface area (Å²) in [5.41, 5.74) is 0.604. The van der Waals surface area contributed by atoms with Crippen molar-refractivity contribution in [3.8, 4) is 23.0 Å². The van der Waals surface area contributed by atoms with Crippen LogP contribution < -0.4 is 4.72 Å². The lowest BCUT2D eigenvalue weighted by Crippen LogP contribution is -2.20. The van der Waals surface area contributed by atoms with E-state index >= 15 is 0 Å². The van der Waals surface area contributed by atoms with Crippen LogP contribution in [-0.2, 0) is 16.6 Å². The molecule has 23 heavy (non-hydrogen) atoms. The number of nitrogens with one attached hydrogen (secondary N) is 1. The molecule has 0 saturated heterocycles. The molecular formula is C14H12FN3O4S. The third-order valence-corrected chi connectivity index (χ3v) is 3.58. The first-order valence-electron chi connectivity index (χ1n) is 6.54. The number of benzene rings is 1. The molecule has 0 aliphatic carbocycles. The Morgan fingerprint density at radius 1 is 1.17 bits per heavy atom. The summed E-state index contributed by atoms with van der Waals surface area (Å²) in [7, 11) is -3.31. The van der Waals surface area contributed by atoms with E-state index in [1.807, 2.05) is 0 Å². The lowest BCUT2D eigenvalue weighted by atomic mass is 10.2. The van der Waals surface area contributed by atoms with Gasteiger partial charge >= 0.3 is 0 Å². The average Bonchev–Trinajstić information content (AvgIpc) is 3.14. The van der Waals surface area contributed by atoms with Crippen molar-refractivity contribution in [3.05, 3.63) is 48.0 Å². The molecule has 0 unspecified atom stereocenters. The van der Waals surface area contributed by atoms with E-state index < -0.39 is 10.0 Å². The molecule has 0 aliphatic heterocycles. The number of aromatic nitrogens is 2. The van der Waals surface area contributed by atoms with Crippen LogP contribution in [0.4, 0.5) is 4.39 Å². The Labute approximate surface area is 131 Å². The highest BCUT2D eigenvalue weighted by Gasteiger charge is 2.14. The fourth-order valence-electron chi connectivity index (χ4n) is 1.83. The molecule has 1 aromatic carbocycles. The summed E-state index contributed by atoms with van der Waals surface area (Å²) in [6, 6.07) is 8.87. The Hall–Kier alpha value is -2.52. The van der Waals surface area contributed by atoms with Gasteiger partial charge in [0, 0.05) is 5.56 Å². The van der Waals surface area contributed by atoms with Gasteiger partial charge in [-0.3, -0.25) is 0 Å². The average molecular weight is 337 g/mol. The Bertz CT molecular complexity index is 916. The SMILES string of the molecule is CS(=O)(=O)NCc1ccc(-c2nc(-c3ccc(F)cc3)no2)o1. The van der Waals surface area contributed by atoms with Gasteiger partial charge in [0.1, 0.15) is 11.6 Å². The Kier molecular flexibility index (Phi) is 3.97. The van der Waals surface area contributed by atoms with Crippen molar-refractivity contribution in [2.24, 2.45) is 0 Å². The Morgan fingerprint density at radius 2 is 1.91 bits per heavy atom. The van der Waals surface area contributed by atoms with E-state index in [9.17, 15) is 12.8 Å². The maximum Gasteiger partial charge on any atom is 0.293 e. The van der Waals surface area contributed by atoms with Crippen molar-refractivity contribution in [3.63, 3.8) is 0 Å².